The van der Waals surface area contributed by atoms with Crippen LogP contribution < -0.4 is 16.4 Å². The minimum atomic E-state index is -0.152. The Hall–Kier alpha value is -2.08. The van der Waals surface area contributed by atoms with Crippen molar-refractivity contribution >= 4 is 23.2 Å². The summed E-state index contributed by atoms with van der Waals surface area (Å²) in [4.78, 5) is 25.2. The second kappa shape index (κ2) is 8.16. The van der Waals surface area contributed by atoms with Crippen molar-refractivity contribution in [1.82, 2.24) is 10.2 Å². The molecule has 20 heavy (non-hydrogen) atoms. The molecule has 0 fully saturated rings. The maximum Gasteiger partial charge on any atom is 0.238 e. The predicted octanol–water partition coefficient (Wildman–Crippen LogP) is 0.665. The first kappa shape index (κ1) is 16.0. The van der Waals surface area contributed by atoms with Crippen LogP contribution in [0.3, 0.4) is 0 Å². The number of nitrogens with two attached hydrogens (primary N) is 1. The van der Waals surface area contributed by atoms with E-state index in [1.807, 2.05) is 13.8 Å². The number of nitrogens with zero attached hydrogens (tertiary/aromatic N) is 1. The van der Waals surface area contributed by atoms with Gasteiger partial charge in [-0.1, -0.05) is 6.92 Å². The summed E-state index contributed by atoms with van der Waals surface area (Å²) in [5.41, 5.74) is 6.92. The van der Waals surface area contributed by atoms with Crippen molar-refractivity contribution in [3.63, 3.8) is 0 Å². The summed E-state index contributed by atoms with van der Waals surface area (Å²) >= 11 is 0. The van der Waals surface area contributed by atoms with Crippen LogP contribution in [0.2, 0.25) is 0 Å². The molecule has 0 radical (unpaired) electrons. The molecule has 0 atom stereocenters. The Morgan fingerprint density at radius 3 is 2.25 bits per heavy atom. The SMILES string of the molecule is CCNC(=O)CN(CC)CC(=O)Nc1ccc(N)cc1. The van der Waals surface area contributed by atoms with E-state index in [0.29, 0.717) is 24.5 Å². The molecule has 0 aliphatic heterocycles. The first-order chi connectivity index (χ1) is 9.55. The van der Waals surface area contributed by atoms with Gasteiger partial charge in [-0.3, -0.25) is 14.5 Å². The summed E-state index contributed by atoms with van der Waals surface area (Å²) in [7, 11) is 0. The van der Waals surface area contributed by atoms with Gasteiger partial charge in [0.25, 0.3) is 0 Å². The van der Waals surface area contributed by atoms with Gasteiger partial charge in [0, 0.05) is 17.9 Å². The van der Waals surface area contributed by atoms with Crippen LogP contribution in [-0.4, -0.2) is 42.9 Å². The van der Waals surface area contributed by atoms with Crippen molar-refractivity contribution < 1.29 is 9.59 Å². The number of carbonyl (C=O) groups is 2. The fourth-order valence-corrected chi connectivity index (χ4v) is 1.71. The molecule has 4 N–H and O–H groups in total. The lowest BCUT2D eigenvalue weighted by molar-refractivity contribution is -0.123. The summed E-state index contributed by atoms with van der Waals surface area (Å²) in [6.45, 7) is 5.40. The third-order valence-corrected chi connectivity index (χ3v) is 2.75. The minimum absolute atomic E-state index is 0.0744. The molecular formula is C14H22N4O2. The van der Waals surface area contributed by atoms with Gasteiger partial charge >= 0.3 is 0 Å². The van der Waals surface area contributed by atoms with E-state index in [9.17, 15) is 9.59 Å². The molecule has 1 aromatic carbocycles. The van der Waals surface area contributed by atoms with E-state index in [-0.39, 0.29) is 24.9 Å². The number of carbonyl (C=O) groups excluding carboxylic acids is 2. The van der Waals surface area contributed by atoms with Crippen LogP contribution in [0.25, 0.3) is 0 Å². The zero-order valence-electron chi connectivity index (χ0n) is 12.0. The van der Waals surface area contributed by atoms with Crippen LogP contribution in [0.1, 0.15) is 13.8 Å². The highest BCUT2D eigenvalue weighted by atomic mass is 16.2. The molecule has 1 aromatic rings. The highest BCUT2D eigenvalue weighted by molar-refractivity contribution is 5.92. The summed E-state index contributed by atoms with van der Waals surface area (Å²) in [5, 5.41) is 5.48. The van der Waals surface area contributed by atoms with Crippen LogP contribution in [0.15, 0.2) is 24.3 Å². The first-order valence-corrected chi connectivity index (χ1v) is 6.69. The largest absolute Gasteiger partial charge is 0.399 e. The molecule has 6 heteroatoms. The molecule has 0 aliphatic rings. The number of benzene rings is 1. The van der Waals surface area contributed by atoms with Gasteiger partial charge in [-0.25, -0.2) is 0 Å². The third kappa shape index (κ3) is 5.71. The Balaban J connectivity index is 2.46. The monoisotopic (exact) mass is 278 g/mol. The number of hydrogen-bond donors (Lipinski definition) is 3. The van der Waals surface area contributed by atoms with Gasteiger partial charge < -0.3 is 16.4 Å². The van der Waals surface area contributed by atoms with Gasteiger partial charge in [0.2, 0.25) is 11.8 Å². The molecule has 6 nitrogen and oxygen atoms in total. The van der Waals surface area contributed by atoms with Crippen molar-refractivity contribution in [2.45, 2.75) is 13.8 Å². The standard InChI is InChI=1S/C14H22N4O2/c1-3-16-13(19)9-18(4-2)10-14(20)17-12-7-5-11(15)6-8-12/h5-8H,3-4,9-10,15H2,1-2H3,(H,16,19)(H,17,20). The molecule has 0 bridgehead atoms. The van der Waals surface area contributed by atoms with E-state index >= 15 is 0 Å². The molecule has 1 rings (SSSR count). The Bertz CT molecular complexity index is 445. The highest BCUT2D eigenvalue weighted by Gasteiger charge is 2.12. The third-order valence-electron chi connectivity index (χ3n) is 2.75. The van der Waals surface area contributed by atoms with Crippen molar-refractivity contribution in [1.29, 1.82) is 0 Å². The van der Waals surface area contributed by atoms with Gasteiger partial charge in [0.15, 0.2) is 0 Å². The Morgan fingerprint density at radius 1 is 1.10 bits per heavy atom. The molecule has 0 heterocycles. The zero-order chi connectivity index (χ0) is 15.0. The van der Waals surface area contributed by atoms with Crippen LogP contribution in [0.4, 0.5) is 11.4 Å². The molecule has 2 amide bonds. The number of nitrogens with one attached hydrogen (secondary N) is 2. The lowest BCUT2D eigenvalue weighted by Crippen LogP contribution is -2.40. The van der Waals surface area contributed by atoms with E-state index < -0.39 is 0 Å². The summed E-state index contributed by atoms with van der Waals surface area (Å²) in [5.74, 6) is -0.226. The maximum atomic E-state index is 11.9. The van der Waals surface area contributed by atoms with E-state index in [1.165, 1.54) is 0 Å². The van der Waals surface area contributed by atoms with Crippen LogP contribution >= 0.6 is 0 Å². The minimum Gasteiger partial charge on any atom is -0.399 e. The molecule has 0 aromatic heterocycles. The summed E-state index contributed by atoms with van der Waals surface area (Å²) in [6, 6.07) is 6.93. The first-order valence-electron chi connectivity index (χ1n) is 6.69. The van der Waals surface area contributed by atoms with Gasteiger partial charge in [0.1, 0.15) is 0 Å². The van der Waals surface area contributed by atoms with E-state index in [2.05, 4.69) is 10.6 Å². The maximum absolute atomic E-state index is 11.9. The van der Waals surface area contributed by atoms with Gasteiger partial charge in [-0.2, -0.15) is 0 Å². The normalized spacial score (nSPS) is 10.3. The number of nitrogen functional groups attached to an aromatic ring is 1. The molecule has 0 unspecified atom stereocenters. The second-order valence-electron chi connectivity index (χ2n) is 4.43. The molecule has 0 spiro atoms. The predicted molar refractivity (Wildman–Crippen MR) is 80.3 cm³/mol. The van der Waals surface area contributed by atoms with Crippen LogP contribution in [0.5, 0.6) is 0 Å². The van der Waals surface area contributed by atoms with Crippen molar-refractivity contribution in [3.05, 3.63) is 24.3 Å². The number of anilines is 2. The van der Waals surface area contributed by atoms with Crippen LogP contribution in [0, 0.1) is 0 Å². The Kier molecular flexibility index (Phi) is 6.52. The summed E-state index contributed by atoms with van der Waals surface area (Å²) < 4.78 is 0. The number of amides is 2. The average molecular weight is 278 g/mol. The van der Waals surface area contributed by atoms with E-state index in [0.717, 1.165) is 0 Å². The van der Waals surface area contributed by atoms with E-state index in [1.54, 1.807) is 29.2 Å². The average Bonchev–Trinajstić information content (AvgIpc) is 2.41. The number of hydrogen-bond acceptors (Lipinski definition) is 4. The number of rotatable bonds is 7. The molecular weight excluding hydrogens is 256 g/mol. The quantitative estimate of drug-likeness (QED) is 0.640. The molecule has 0 saturated heterocycles. The Labute approximate surface area is 119 Å². The smallest absolute Gasteiger partial charge is 0.238 e. The Morgan fingerprint density at radius 2 is 1.70 bits per heavy atom. The molecule has 110 valence electrons. The topological polar surface area (TPSA) is 87.5 Å². The lowest BCUT2D eigenvalue weighted by atomic mass is 10.3. The highest BCUT2D eigenvalue weighted by Crippen LogP contribution is 2.10. The fraction of sp³-hybridized carbons (Fsp3) is 0.429. The van der Waals surface area contributed by atoms with Gasteiger partial charge in [0.05, 0.1) is 13.1 Å². The van der Waals surface area contributed by atoms with Crippen molar-refractivity contribution in [2.75, 3.05) is 37.2 Å². The molecule has 0 saturated carbocycles. The summed E-state index contributed by atoms with van der Waals surface area (Å²) in [6.07, 6.45) is 0. The van der Waals surface area contributed by atoms with Crippen LogP contribution in [-0.2, 0) is 9.59 Å². The van der Waals surface area contributed by atoms with Gasteiger partial charge in [-0.05, 0) is 37.7 Å². The number of likely N-dealkylation sites (N-methyl/N-ethyl adjacent to an activating group) is 2. The van der Waals surface area contributed by atoms with E-state index in [4.69, 9.17) is 5.73 Å². The van der Waals surface area contributed by atoms with Gasteiger partial charge in [-0.15, -0.1) is 0 Å². The fourth-order valence-electron chi connectivity index (χ4n) is 1.71. The molecule has 0 aliphatic carbocycles. The van der Waals surface area contributed by atoms with Crippen molar-refractivity contribution in [2.24, 2.45) is 0 Å². The second-order valence-corrected chi connectivity index (χ2v) is 4.43. The zero-order valence-corrected chi connectivity index (χ0v) is 12.0. The van der Waals surface area contributed by atoms with Crippen molar-refractivity contribution in [3.8, 4) is 0 Å². The lowest BCUT2D eigenvalue weighted by Gasteiger charge is -2.19.